The van der Waals surface area contributed by atoms with Gasteiger partial charge in [0.15, 0.2) is 5.82 Å². The lowest BCUT2D eigenvalue weighted by atomic mass is 10.0. The molecule has 6 nitrogen and oxygen atoms in total. The smallest absolute Gasteiger partial charge is 0.239 e. The van der Waals surface area contributed by atoms with Crippen molar-refractivity contribution in [2.45, 2.75) is 18.9 Å². The molecule has 2 rings (SSSR count). The molecular weight excluding hydrogens is 200 g/mol. The number of hydrogen-bond acceptors (Lipinski definition) is 6. The zero-order valence-corrected chi connectivity index (χ0v) is 8.43. The summed E-state index contributed by atoms with van der Waals surface area (Å²) in [5.41, 5.74) is 0. The Hall–Kier alpha value is -1.27. The van der Waals surface area contributed by atoms with Crippen molar-refractivity contribution in [3.05, 3.63) is 11.7 Å². The highest BCUT2D eigenvalue weighted by atomic mass is 16.5. The van der Waals surface area contributed by atoms with Crippen molar-refractivity contribution in [2.75, 3.05) is 20.3 Å². The molecule has 1 aromatic heterocycles. The Bertz CT molecular complexity index is 350. The summed E-state index contributed by atoms with van der Waals surface area (Å²) in [5.74, 6) is 0.461. The second-order valence-corrected chi connectivity index (χ2v) is 3.33. The van der Waals surface area contributed by atoms with Gasteiger partial charge in [0.25, 0.3) is 0 Å². The van der Waals surface area contributed by atoms with Crippen LogP contribution in [0.1, 0.15) is 24.1 Å². The third kappa shape index (κ3) is 2.21. The van der Waals surface area contributed by atoms with E-state index in [0.29, 0.717) is 31.3 Å². The number of aromatic nitrogens is 2. The average Bonchev–Trinajstić information content (AvgIpc) is 2.68. The standard InChI is InChI=1S/C9H12N2O4/c1-13-5-8-10-9(15-11-8)6-4-14-3-2-7(6)12/h6H,2-5H2,1H3. The molecule has 0 aliphatic carbocycles. The Balaban J connectivity index is 2.10. The summed E-state index contributed by atoms with van der Waals surface area (Å²) in [6.07, 6.45) is 0.409. The minimum atomic E-state index is -0.406. The third-order valence-electron chi connectivity index (χ3n) is 2.22. The molecule has 1 atom stereocenters. The van der Waals surface area contributed by atoms with Gasteiger partial charge in [-0.15, -0.1) is 0 Å². The Morgan fingerprint density at radius 2 is 2.47 bits per heavy atom. The molecule has 2 heterocycles. The number of Topliss-reactive ketones (excluding diaryl/α,β-unsaturated/α-hetero) is 1. The van der Waals surface area contributed by atoms with E-state index >= 15 is 0 Å². The summed E-state index contributed by atoms with van der Waals surface area (Å²) in [4.78, 5) is 15.6. The maximum atomic E-state index is 11.5. The van der Waals surface area contributed by atoms with Crippen LogP contribution in [-0.4, -0.2) is 36.2 Å². The van der Waals surface area contributed by atoms with Crippen molar-refractivity contribution in [3.8, 4) is 0 Å². The normalized spacial score (nSPS) is 21.9. The predicted octanol–water partition coefficient (Wildman–Crippen LogP) is 0.289. The van der Waals surface area contributed by atoms with Crippen molar-refractivity contribution in [1.82, 2.24) is 10.1 Å². The summed E-state index contributed by atoms with van der Waals surface area (Å²) >= 11 is 0. The lowest BCUT2D eigenvalue weighted by molar-refractivity contribution is -0.127. The topological polar surface area (TPSA) is 74.5 Å². The molecule has 0 amide bonds. The van der Waals surface area contributed by atoms with Gasteiger partial charge in [-0.2, -0.15) is 4.98 Å². The van der Waals surface area contributed by atoms with Crippen molar-refractivity contribution >= 4 is 5.78 Å². The maximum absolute atomic E-state index is 11.5. The van der Waals surface area contributed by atoms with Crippen LogP contribution < -0.4 is 0 Å². The van der Waals surface area contributed by atoms with Crippen molar-refractivity contribution < 1.29 is 18.8 Å². The van der Waals surface area contributed by atoms with Gasteiger partial charge in [0.2, 0.25) is 5.89 Å². The molecule has 6 heteroatoms. The number of rotatable bonds is 3. The molecule has 1 aromatic rings. The van der Waals surface area contributed by atoms with Gasteiger partial charge in [-0.25, -0.2) is 0 Å². The fourth-order valence-electron chi connectivity index (χ4n) is 1.45. The number of ether oxygens (including phenoxy) is 2. The molecule has 0 saturated carbocycles. The van der Waals surface area contributed by atoms with Gasteiger partial charge in [0.1, 0.15) is 18.3 Å². The first-order chi connectivity index (χ1) is 7.31. The van der Waals surface area contributed by atoms with Crippen LogP contribution in [-0.2, 0) is 20.9 Å². The van der Waals surface area contributed by atoms with Crippen LogP contribution in [0.2, 0.25) is 0 Å². The summed E-state index contributed by atoms with van der Waals surface area (Å²) in [6, 6.07) is 0. The van der Waals surface area contributed by atoms with Crippen LogP contribution in [0, 0.1) is 0 Å². The molecule has 0 N–H and O–H groups in total. The molecule has 0 bridgehead atoms. The van der Waals surface area contributed by atoms with Gasteiger partial charge in [0.05, 0.1) is 13.2 Å². The Kier molecular flexibility index (Phi) is 3.08. The quantitative estimate of drug-likeness (QED) is 0.716. The summed E-state index contributed by atoms with van der Waals surface area (Å²) in [7, 11) is 1.55. The number of carbonyl (C=O) groups is 1. The molecule has 0 aromatic carbocycles. The van der Waals surface area contributed by atoms with E-state index in [1.807, 2.05) is 0 Å². The van der Waals surface area contributed by atoms with Gasteiger partial charge >= 0.3 is 0 Å². The molecule has 1 saturated heterocycles. The second-order valence-electron chi connectivity index (χ2n) is 3.33. The van der Waals surface area contributed by atoms with E-state index in [1.165, 1.54) is 0 Å². The van der Waals surface area contributed by atoms with E-state index < -0.39 is 5.92 Å². The summed E-state index contributed by atoms with van der Waals surface area (Å²) in [5, 5.41) is 3.70. The lowest BCUT2D eigenvalue weighted by Crippen LogP contribution is -2.25. The van der Waals surface area contributed by atoms with Gasteiger partial charge in [-0.1, -0.05) is 5.16 Å². The molecule has 1 aliphatic rings. The van der Waals surface area contributed by atoms with Gasteiger partial charge in [-0.3, -0.25) is 4.79 Å². The van der Waals surface area contributed by atoms with E-state index in [-0.39, 0.29) is 12.4 Å². The monoisotopic (exact) mass is 212 g/mol. The largest absolute Gasteiger partial charge is 0.380 e. The van der Waals surface area contributed by atoms with Crippen LogP contribution >= 0.6 is 0 Å². The highest BCUT2D eigenvalue weighted by Crippen LogP contribution is 2.20. The van der Waals surface area contributed by atoms with E-state index in [2.05, 4.69) is 10.1 Å². The molecule has 1 unspecified atom stereocenters. The summed E-state index contributed by atoms with van der Waals surface area (Å²) in [6.45, 7) is 1.09. The second kappa shape index (κ2) is 4.50. The Morgan fingerprint density at radius 1 is 1.60 bits per heavy atom. The van der Waals surface area contributed by atoms with Crippen LogP contribution in [0.4, 0.5) is 0 Å². The minimum absolute atomic E-state index is 0.0915. The first kappa shape index (κ1) is 10.3. The number of methoxy groups -OCH3 is 1. The Labute approximate surface area is 86.6 Å². The predicted molar refractivity (Wildman–Crippen MR) is 48.2 cm³/mol. The minimum Gasteiger partial charge on any atom is -0.380 e. The fraction of sp³-hybridized carbons (Fsp3) is 0.667. The van der Waals surface area contributed by atoms with E-state index in [0.717, 1.165) is 0 Å². The highest BCUT2D eigenvalue weighted by Gasteiger charge is 2.29. The lowest BCUT2D eigenvalue weighted by Gasteiger charge is -2.16. The van der Waals surface area contributed by atoms with Crippen molar-refractivity contribution in [3.63, 3.8) is 0 Å². The average molecular weight is 212 g/mol. The number of carbonyl (C=O) groups excluding carboxylic acids is 1. The van der Waals surface area contributed by atoms with E-state index in [4.69, 9.17) is 14.0 Å². The highest BCUT2D eigenvalue weighted by molar-refractivity contribution is 5.85. The SMILES string of the molecule is COCc1noc(C2COCCC2=O)n1. The molecule has 1 aliphatic heterocycles. The molecule has 0 radical (unpaired) electrons. The zero-order chi connectivity index (χ0) is 10.7. The third-order valence-corrected chi connectivity index (χ3v) is 2.22. The van der Waals surface area contributed by atoms with Gasteiger partial charge in [0, 0.05) is 13.5 Å². The van der Waals surface area contributed by atoms with Gasteiger partial charge < -0.3 is 14.0 Å². The maximum Gasteiger partial charge on any atom is 0.239 e. The van der Waals surface area contributed by atoms with Crippen LogP contribution in [0.5, 0.6) is 0 Å². The molecular formula is C9H12N2O4. The molecule has 82 valence electrons. The zero-order valence-electron chi connectivity index (χ0n) is 8.43. The fourth-order valence-corrected chi connectivity index (χ4v) is 1.45. The number of nitrogens with zero attached hydrogens (tertiary/aromatic N) is 2. The van der Waals surface area contributed by atoms with Crippen LogP contribution in [0.15, 0.2) is 4.52 Å². The first-order valence-electron chi connectivity index (χ1n) is 4.73. The van der Waals surface area contributed by atoms with Crippen molar-refractivity contribution in [2.24, 2.45) is 0 Å². The summed E-state index contributed by atoms with van der Waals surface area (Å²) < 4.78 is 15.0. The first-order valence-corrected chi connectivity index (χ1v) is 4.73. The van der Waals surface area contributed by atoms with Crippen LogP contribution in [0.3, 0.4) is 0 Å². The molecule has 15 heavy (non-hydrogen) atoms. The van der Waals surface area contributed by atoms with Crippen LogP contribution in [0.25, 0.3) is 0 Å². The Morgan fingerprint density at radius 3 is 3.20 bits per heavy atom. The van der Waals surface area contributed by atoms with Gasteiger partial charge in [-0.05, 0) is 0 Å². The number of ketones is 1. The van der Waals surface area contributed by atoms with Crippen molar-refractivity contribution in [1.29, 1.82) is 0 Å². The van der Waals surface area contributed by atoms with E-state index in [9.17, 15) is 4.79 Å². The molecule has 0 spiro atoms. The van der Waals surface area contributed by atoms with E-state index in [1.54, 1.807) is 7.11 Å². The number of hydrogen-bond donors (Lipinski definition) is 0. The molecule has 1 fully saturated rings.